The van der Waals surface area contributed by atoms with Crippen LogP contribution in [0.5, 0.6) is 0 Å². The minimum Gasteiger partial charge on any atom is -0.279 e. The largest absolute Gasteiger partial charge is 0.279 e. The van der Waals surface area contributed by atoms with Crippen molar-refractivity contribution < 1.29 is 13.3 Å². The molecule has 0 spiro atoms. The number of rotatable bonds is 7. The Morgan fingerprint density at radius 2 is 1.72 bits per heavy atom. The van der Waals surface area contributed by atoms with Crippen LogP contribution in [0, 0.1) is 24.0 Å². The molecule has 0 heterocycles. The average Bonchev–Trinajstić information content (AvgIpc) is 2.71. The molecule has 3 aromatic rings. The van der Waals surface area contributed by atoms with Gasteiger partial charge in [-0.3, -0.25) is 20.3 Å². The zero-order valence-electron chi connectivity index (χ0n) is 17.0. The van der Waals surface area contributed by atoms with E-state index in [1.54, 1.807) is 37.3 Å². The normalized spacial score (nSPS) is 11.5. The van der Waals surface area contributed by atoms with E-state index in [2.05, 4.69) is 15.2 Å². The number of nitro groups is 1. The zero-order valence-corrected chi connectivity index (χ0v) is 19.3. The van der Waals surface area contributed by atoms with E-state index in [1.807, 2.05) is 13.0 Å². The molecule has 0 fully saturated rings. The van der Waals surface area contributed by atoms with Gasteiger partial charge in [0.1, 0.15) is 4.90 Å². The number of nitro benzene ring substituents is 1. The molecule has 166 valence electrons. The summed E-state index contributed by atoms with van der Waals surface area (Å²) in [6, 6.07) is 13.5. The molecule has 11 heteroatoms. The Bertz CT molecular complexity index is 1330. The lowest BCUT2D eigenvalue weighted by molar-refractivity contribution is -0.385. The van der Waals surface area contributed by atoms with Crippen LogP contribution in [0.25, 0.3) is 0 Å². The van der Waals surface area contributed by atoms with Crippen molar-refractivity contribution in [2.75, 3.05) is 10.1 Å². The highest BCUT2D eigenvalue weighted by Crippen LogP contribution is 2.29. The third kappa shape index (κ3) is 5.56. The van der Waals surface area contributed by atoms with Crippen LogP contribution in [0.4, 0.5) is 17.1 Å². The lowest BCUT2D eigenvalue weighted by Gasteiger charge is -2.14. The molecular formula is C21H18Cl2N4O4S. The van der Waals surface area contributed by atoms with Gasteiger partial charge in [-0.25, -0.2) is 8.42 Å². The second kappa shape index (κ2) is 9.56. The van der Waals surface area contributed by atoms with Crippen LogP contribution in [-0.4, -0.2) is 19.6 Å². The van der Waals surface area contributed by atoms with E-state index in [4.69, 9.17) is 23.2 Å². The number of hydrazone groups is 1. The third-order valence-electron chi connectivity index (χ3n) is 4.44. The van der Waals surface area contributed by atoms with Crippen molar-refractivity contribution in [2.24, 2.45) is 5.10 Å². The summed E-state index contributed by atoms with van der Waals surface area (Å²) in [6.07, 6.45) is 1.38. The van der Waals surface area contributed by atoms with Gasteiger partial charge in [0.15, 0.2) is 0 Å². The molecule has 0 aromatic heterocycles. The van der Waals surface area contributed by atoms with Crippen molar-refractivity contribution in [1.82, 2.24) is 0 Å². The molecule has 0 atom stereocenters. The van der Waals surface area contributed by atoms with Crippen molar-refractivity contribution in [3.63, 3.8) is 0 Å². The molecule has 2 N–H and O–H groups in total. The highest BCUT2D eigenvalue weighted by molar-refractivity contribution is 7.92. The van der Waals surface area contributed by atoms with Crippen LogP contribution in [-0.2, 0) is 10.0 Å². The van der Waals surface area contributed by atoms with E-state index < -0.39 is 14.9 Å². The average molecular weight is 493 g/mol. The molecule has 0 unspecified atom stereocenters. The molecule has 32 heavy (non-hydrogen) atoms. The number of anilines is 2. The smallest absolute Gasteiger partial charge is 0.270 e. The molecule has 0 saturated heterocycles. The topological polar surface area (TPSA) is 114 Å². The van der Waals surface area contributed by atoms with E-state index >= 15 is 0 Å². The second-order valence-corrected chi connectivity index (χ2v) is 9.39. The number of nitrogens with zero attached hydrogens (tertiary/aromatic N) is 2. The maximum absolute atomic E-state index is 13.1. The standard InChI is InChI=1S/C21H18Cl2N4O4S/c1-13-3-7-19(14(2)9-13)26-32(30,31)21-11-17(27(28)29)6-8-20(21)25-24-12-15-4-5-16(22)10-18(15)23/h3-12,25-26H,1-2H3/b24-12-. The van der Waals surface area contributed by atoms with Crippen molar-refractivity contribution in [3.05, 3.63) is 91.4 Å². The minimum atomic E-state index is -4.18. The molecule has 0 radical (unpaired) electrons. The summed E-state index contributed by atoms with van der Waals surface area (Å²) < 4.78 is 28.7. The number of hydrogen-bond donors (Lipinski definition) is 2. The van der Waals surface area contributed by atoms with Gasteiger partial charge < -0.3 is 0 Å². The van der Waals surface area contributed by atoms with Crippen molar-refractivity contribution in [2.45, 2.75) is 18.7 Å². The third-order valence-corrected chi connectivity index (χ3v) is 6.41. The summed E-state index contributed by atoms with van der Waals surface area (Å²) in [5.74, 6) is 0. The molecule has 3 aromatic carbocycles. The number of aryl methyl sites for hydroxylation is 2. The maximum Gasteiger partial charge on any atom is 0.270 e. The molecule has 0 aliphatic heterocycles. The summed E-state index contributed by atoms with van der Waals surface area (Å²) >= 11 is 12.0. The van der Waals surface area contributed by atoms with Crippen LogP contribution < -0.4 is 10.1 Å². The maximum atomic E-state index is 13.1. The second-order valence-electron chi connectivity index (χ2n) is 6.90. The molecule has 0 aliphatic carbocycles. The SMILES string of the molecule is Cc1ccc(NS(=O)(=O)c2cc([N+](=O)[O-])ccc2N/N=C\c2ccc(Cl)cc2Cl)c(C)c1. The summed E-state index contributed by atoms with van der Waals surface area (Å²) in [6.45, 7) is 3.65. The number of nitrogens with one attached hydrogen (secondary N) is 2. The van der Waals surface area contributed by atoms with Gasteiger partial charge in [-0.2, -0.15) is 5.10 Å². The van der Waals surface area contributed by atoms with Crippen LogP contribution in [0.1, 0.15) is 16.7 Å². The monoisotopic (exact) mass is 492 g/mol. The molecule has 0 amide bonds. The Kier molecular flexibility index (Phi) is 7.02. The Labute approximate surface area is 195 Å². The first-order valence-corrected chi connectivity index (χ1v) is 11.4. The predicted octanol–water partition coefficient (Wildman–Crippen LogP) is 5.77. The molecule has 0 saturated carbocycles. The first kappa shape index (κ1) is 23.5. The first-order chi connectivity index (χ1) is 15.1. The van der Waals surface area contributed by atoms with Gasteiger partial charge in [0, 0.05) is 22.7 Å². The fraction of sp³-hybridized carbons (Fsp3) is 0.0952. The number of benzene rings is 3. The number of halogens is 2. The van der Waals surface area contributed by atoms with Gasteiger partial charge >= 0.3 is 0 Å². The fourth-order valence-electron chi connectivity index (χ4n) is 2.84. The first-order valence-electron chi connectivity index (χ1n) is 9.19. The van der Waals surface area contributed by atoms with Crippen LogP contribution >= 0.6 is 23.2 Å². The van der Waals surface area contributed by atoms with Gasteiger partial charge in [0.2, 0.25) is 0 Å². The van der Waals surface area contributed by atoms with E-state index in [0.717, 1.165) is 11.6 Å². The van der Waals surface area contributed by atoms with Gasteiger partial charge in [-0.1, -0.05) is 47.0 Å². The van der Waals surface area contributed by atoms with Crippen molar-refractivity contribution >= 4 is 56.5 Å². The van der Waals surface area contributed by atoms with Gasteiger partial charge in [-0.05, 0) is 43.7 Å². The molecule has 0 bridgehead atoms. The van der Waals surface area contributed by atoms with Crippen LogP contribution in [0.3, 0.4) is 0 Å². The van der Waals surface area contributed by atoms with Crippen molar-refractivity contribution in [1.29, 1.82) is 0 Å². The Balaban J connectivity index is 1.96. The molecule has 3 rings (SSSR count). The highest BCUT2D eigenvalue weighted by Gasteiger charge is 2.23. The number of hydrogen-bond acceptors (Lipinski definition) is 6. The lowest BCUT2D eigenvalue weighted by Crippen LogP contribution is -2.16. The Hall–Kier alpha value is -3.14. The summed E-state index contributed by atoms with van der Waals surface area (Å²) in [4.78, 5) is 10.2. The number of sulfonamides is 1. The van der Waals surface area contributed by atoms with Crippen LogP contribution in [0.15, 0.2) is 64.6 Å². The molecular weight excluding hydrogens is 475 g/mol. The van der Waals surface area contributed by atoms with E-state index in [9.17, 15) is 18.5 Å². The van der Waals surface area contributed by atoms with E-state index in [0.29, 0.717) is 26.9 Å². The van der Waals surface area contributed by atoms with Gasteiger partial charge in [0.05, 0.1) is 27.5 Å². The summed E-state index contributed by atoms with van der Waals surface area (Å²) in [7, 11) is -4.18. The quantitative estimate of drug-likeness (QED) is 0.247. The minimum absolute atomic E-state index is 0.0502. The van der Waals surface area contributed by atoms with E-state index in [1.165, 1.54) is 18.3 Å². The van der Waals surface area contributed by atoms with Crippen molar-refractivity contribution in [3.8, 4) is 0 Å². The van der Waals surface area contributed by atoms with Crippen LogP contribution in [0.2, 0.25) is 10.0 Å². The summed E-state index contributed by atoms with van der Waals surface area (Å²) in [5, 5.41) is 16.1. The van der Waals surface area contributed by atoms with Gasteiger partial charge in [0.25, 0.3) is 15.7 Å². The Morgan fingerprint density at radius 3 is 2.38 bits per heavy atom. The zero-order chi connectivity index (χ0) is 23.5. The summed E-state index contributed by atoms with van der Waals surface area (Å²) in [5.41, 5.74) is 4.89. The van der Waals surface area contributed by atoms with E-state index in [-0.39, 0.29) is 16.3 Å². The molecule has 8 nitrogen and oxygen atoms in total. The highest BCUT2D eigenvalue weighted by atomic mass is 35.5. The van der Waals surface area contributed by atoms with Gasteiger partial charge in [-0.15, -0.1) is 0 Å². The lowest BCUT2D eigenvalue weighted by atomic mass is 10.1. The predicted molar refractivity (Wildman–Crippen MR) is 127 cm³/mol. The fourth-order valence-corrected chi connectivity index (χ4v) is 4.61. The molecule has 0 aliphatic rings. The Morgan fingerprint density at radius 1 is 1.00 bits per heavy atom. The number of non-ortho nitro benzene ring substituents is 1.